The fourth-order valence-corrected chi connectivity index (χ4v) is 10.1. The number of hydrogen-bond donors (Lipinski definition) is 0. The molecule has 2 aliphatic heterocycles. The lowest BCUT2D eigenvalue weighted by Crippen LogP contribution is -2.35. The Morgan fingerprint density at radius 2 is 1.12 bits per heavy atom. The Hall–Kier alpha value is -4.50. The molecular formula is C35H22NO2PS. The van der Waals surface area contributed by atoms with Crippen molar-refractivity contribution in [3.63, 3.8) is 0 Å². The van der Waals surface area contributed by atoms with Crippen molar-refractivity contribution in [3.05, 3.63) is 134 Å². The summed E-state index contributed by atoms with van der Waals surface area (Å²) in [6.45, 7) is 0. The molecule has 0 amide bonds. The van der Waals surface area contributed by atoms with Gasteiger partial charge in [-0.3, -0.25) is 4.98 Å². The van der Waals surface area contributed by atoms with E-state index in [-0.39, 0.29) is 0 Å². The predicted molar refractivity (Wildman–Crippen MR) is 167 cm³/mol. The number of rotatable bonds is 3. The normalized spacial score (nSPS) is 16.1. The van der Waals surface area contributed by atoms with E-state index < -0.39 is 6.04 Å². The minimum Gasteiger partial charge on any atom is -0.456 e. The summed E-state index contributed by atoms with van der Waals surface area (Å²) < 4.78 is 13.4. The fourth-order valence-electron chi connectivity index (χ4n) is 5.69. The first kappa shape index (κ1) is 23.4. The third kappa shape index (κ3) is 3.50. The van der Waals surface area contributed by atoms with Gasteiger partial charge in [-0.1, -0.05) is 90.7 Å². The highest BCUT2D eigenvalue weighted by atomic mass is 32.4. The molecule has 3 heterocycles. The SMILES string of the molecule is S=P12c3ccc(-c4ccccc4)cc3Oc3ccc(-c4ccccn4)c(c31)Oc1cc(-c3ccccc3)ccc12. The van der Waals surface area contributed by atoms with Gasteiger partial charge in [-0.2, -0.15) is 0 Å². The Morgan fingerprint density at radius 3 is 1.73 bits per heavy atom. The third-order valence-electron chi connectivity index (χ3n) is 7.59. The van der Waals surface area contributed by atoms with Crippen LogP contribution in [0.4, 0.5) is 0 Å². The van der Waals surface area contributed by atoms with Gasteiger partial charge in [0.1, 0.15) is 23.0 Å². The second kappa shape index (κ2) is 9.02. The number of hydrogen-bond acceptors (Lipinski definition) is 4. The zero-order valence-electron chi connectivity index (χ0n) is 21.3. The minimum atomic E-state index is -2.53. The van der Waals surface area contributed by atoms with Crippen LogP contribution in [0.2, 0.25) is 0 Å². The van der Waals surface area contributed by atoms with Gasteiger partial charge >= 0.3 is 0 Å². The molecule has 5 heteroatoms. The Balaban J connectivity index is 1.39. The molecule has 5 aromatic carbocycles. The summed E-state index contributed by atoms with van der Waals surface area (Å²) in [5, 5.41) is 3.06. The van der Waals surface area contributed by atoms with Crippen molar-refractivity contribution < 1.29 is 9.47 Å². The van der Waals surface area contributed by atoms with Crippen LogP contribution in [0.1, 0.15) is 0 Å². The highest BCUT2D eigenvalue weighted by Gasteiger charge is 2.44. The van der Waals surface area contributed by atoms with Gasteiger partial charge in [-0.25, -0.2) is 0 Å². The van der Waals surface area contributed by atoms with Gasteiger partial charge in [-0.15, -0.1) is 0 Å². The summed E-state index contributed by atoms with van der Waals surface area (Å²) in [6.07, 6.45) is 1.80. The number of aromatic nitrogens is 1. The van der Waals surface area contributed by atoms with Crippen molar-refractivity contribution in [2.45, 2.75) is 0 Å². The second-order valence-corrected chi connectivity index (χ2v) is 14.2. The first-order chi connectivity index (χ1) is 19.7. The van der Waals surface area contributed by atoms with Gasteiger partial charge < -0.3 is 9.47 Å². The van der Waals surface area contributed by atoms with Crippen molar-refractivity contribution in [2.24, 2.45) is 0 Å². The van der Waals surface area contributed by atoms with Crippen molar-refractivity contribution >= 4 is 33.8 Å². The number of benzene rings is 5. The summed E-state index contributed by atoms with van der Waals surface area (Å²) in [7, 11) is 0. The van der Waals surface area contributed by atoms with Crippen LogP contribution in [0.15, 0.2) is 134 Å². The van der Waals surface area contributed by atoms with E-state index in [1.165, 1.54) is 0 Å². The van der Waals surface area contributed by atoms with Gasteiger partial charge in [0, 0.05) is 22.4 Å². The molecule has 1 aromatic heterocycles. The summed E-state index contributed by atoms with van der Waals surface area (Å²) in [4.78, 5) is 4.65. The van der Waals surface area contributed by atoms with E-state index in [2.05, 4.69) is 89.9 Å². The molecule has 0 N–H and O–H groups in total. The average molecular weight is 552 g/mol. The largest absolute Gasteiger partial charge is 0.456 e. The van der Waals surface area contributed by atoms with E-state index in [9.17, 15) is 0 Å². The van der Waals surface area contributed by atoms with E-state index in [4.69, 9.17) is 21.3 Å². The second-order valence-electron chi connectivity index (χ2n) is 9.91. The molecule has 2 aliphatic rings. The lowest BCUT2D eigenvalue weighted by Gasteiger charge is -2.38. The van der Waals surface area contributed by atoms with E-state index in [1.807, 2.05) is 42.5 Å². The first-order valence-electron chi connectivity index (χ1n) is 13.1. The standard InChI is InChI=1S/C35H22NO2PS/c40-39-32-18-14-25(23-9-3-1-4-10-23)21-30(32)37-29-17-16-27(28-13-7-8-20-36-28)34(35(29)39)38-31-22-26(15-19-33(31)39)24-11-5-2-6-12-24/h1-22H. The lowest BCUT2D eigenvalue weighted by molar-refractivity contribution is 0.467. The molecule has 3 nitrogen and oxygen atoms in total. The molecule has 0 saturated carbocycles. The zero-order valence-corrected chi connectivity index (χ0v) is 23.0. The molecule has 8 rings (SSSR count). The number of ether oxygens (including phenoxy) is 2. The fraction of sp³-hybridized carbons (Fsp3) is 0. The maximum absolute atomic E-state index is 6.82. The summed E-state index contributed by atoms with van der Waals surface area (Å²) in [6, 6.07) is 41.1. The molecule has 0 saturated heterocycles. The smallest absolute Gasteiger partial charge is 0.149 e. The number of nitrogens with zero attached hydrogens (tertiary/aromatic N) is 1. The Bertz CT molecular complexity index is 1960. The van der Waals surface area contributed by atoms with E-state index in [0.717, 1.165) is 72.4 Å². The maximum Gasteiger partial charge on any atom is 0.149 e. The third-order valence-corrected chi connectivity index (χ3v) is 12.5. The van der Waals surface area contributed by atoms with Crippen LogP contribution in [0.25, 0.3) is 33.5 Å². The molecule has 1 atom stereocenters. The quantitative estimate of drug-likeness (QED) is 0.208. The van der Waals surface area contributed by atoms with Gasteiger partial charge in [0.25, 0.3) is 0 Å². The first-order valence-corrected chi connectivity index (χ1v) is 16.0. The molecule has 190 valence electrons. The molecule has 0 spiro atoms. The van der Waals surface area contributed by atoms with Crippen LogP contribution in [-0.2, 0) is 11.8 Å². The summed E-state index contributed by atoms with van der Waals surface area (Å²) in [5.41, 5.74) is 6.22. The molecule has 1 unspecified atom stereocenters. The van der Waals surface area contributed by atoms with Crippen LogP contribution >= 0.6 is 6.04 Å². The van der Waals surface area contributed by atoms with Crippen molar-refractivity contribution in [2.75, 3.05) is 0 Å². The summed E-state index contributed by atoms with van der Waals surface area (Å²) in [5.74, 6) is 3.11. The molecule has 0 fully saturated rings. The molecule has 0 bridgehead atoms. The zero-order chi connectivity index (χ0) is 26.7. The van der Waals surface area contributed by atoms with Crippen LogP contribution in [-0.4, -0.2) is 4.98 Å². The van der Waals surface area contributed by atoms with E-state index >= 15 is 0 Å². The van der Waals surface area contributed by atoms with Crippen LogP contribution in [0.5, 0.6) is 23.0 Å². The van der Waals surface area contributed by atoms with Crippen molar-refractivity contribution in [3.8, 4) is 56.5 Å². The minimum absolute atomic E-state index is 0.745. The van der Waals surface area contributed by atoms with Crippen LogP contribution in [0.3, 0.4) is 0 Å². The van der Waals surface area contributed by atoms with Crippen molar-refractivity contribution in [1.29, 1.82) is 0 Å². The van der Waals surface area contributed by atoms with E-state index in [0.29, 0.717) is 0 Å². The highest BCUT2D eigenvalue weighted by molar-refractivity contribution is 8.26. The van der Waals surface area contributed by atoms with Crippen LogP contribution in [0, 0.1) is 0 Å². The van der Waals surface area contributed by atoms with Crippen LogP contribution < -0.4 is 25.4 Å². The molecule has 6 aromatic rings. The Labute approximate surface area is 237 Å². The van der Waals surface area contributed by atoms with Gasteiger partial charge in [0.2, 0.25) is 0 Å². The van der Waals surface area contributed by atoms with Crippen molar-refractivity contribution in [1.82, 2.24) is 4.98 Å². The molecule has 0 radical (unpaired) electrons. The van der Waals surface area contributed by atoms with E-state index in [1.54, 1.807) is 6.20 Å². The molecule has 0 aliphatic carbocycles. The van der Waals surface area contributed by atoms with Gasteiger partial charge in [0.05, 0.1) is 17.0 Å². The van der Waals surface area contributed by atoms with Gasteiger partial charge in [-0.05, 0) is 70.8 Å². The average Bonchev–Trinajstić information content (AvgIpc) is 3.02. The Morgan fingerprint density at radius 1 is 0.525 bits per heavy atom. The predicted octanol–water partition coefficient (Wildman–Crippen LogP) is 8.05. The molecular weight excluding hydrogens is 529 g/mol. The monoisotopic (exact) mass is 551 g/mol. The highest BCUT2D eigenvalue weighted by Crippen LogP contribution is 2.60. The summed E-state index contributed by atoms with van der Waals surface area (Å²) >= 11 is 6.82. The lowest BCUT2D eigenvalue weighted by atomic mass is 10.0. The number of fused-ring (bicyclic) bond motifs is 4. The molecule has 40 heavy (non-hydrogen) atoms. The topological polar surface area (TPSA) is 31.4 Å². The number of pyridine rings is 1. The Kier molecular flexibility index (Phi) is 5.28. The van der Waals surface area contributed by atoms with Gasteiger partial charge in [0.15, 0.2) is 0 Å². The maximum atomic E-state index is 6.82.